The second-order valence-electron chi connectivity index (χ2n) is 4.21. The van der Waals surface area contributed by atoms with E-state index in [1.54, 1.807) is 7.05 Å². The molecule has 0 aromatic heterocycles. The number of likely N-dealkylation sites (N-methyl/N-ethyl adjacent to an activating group) is 1. The van der Waals surface area contributed by atoms with Crippen LogP contribution in [0.1, 0.15) is 16.8 Å². The number of amides is 1. The van der Waals surface area contributed by atoms with Crippen LogP contribution in [0.4, 0.5) is 10.1 Å². The average Bonchev–Trinajstić information content (AvgIpc) is 2.63. The highest BCUT2D eigenvalue weighted by molar-refractivity contribution is 5.96. The average molecular weight is 252 g/mol. The Labute approximate surface area is 103 Å². The van der Waals surface area contributed by atoms with Crippen molar-refractivity contribution in [2.75, 3.05) is 18.9 Å². The lowest BCUT2D eigenvalue weighted by molar-refractivity contribution is -0.127. The number of carbonyl (C=O) groups is 2. The minimum absolute atomic E-state index is 0.126. The first-order chi connectivity index (χ1) is 8.50. The van der Waals surface area contributed by atoms with E-state index < -0.39 is 17.8 Å². The zero-order valence-corrected chi connectivity index (χ0v) is 9.81. The predicted octanol–water partition coefficient (Wildman–Crippen LogP) is 1.17. The normalized spacial score (nSPS) is 19.1. The summed E-state index contributed by atoms with van der Waals surface area (Å²) in [4.78, 5) is 24.2. The van der Waals surface area contributed by atoms with Crippen molar-refractivity contribution in [1.82, 2.24) is 4.90 Å². The molecule has 0 aliphatic carbocycles. The number of likely N-dealkylation sites (tertiary alicyclic amines) is 1. The minimum Gasteiger partial charge on any atom is -0.478 e. The third kappa shape index (κ3) is 2.13. The van der Waals surface area contributed by atoms with Gasteiger partial charge < -0.3 is 15.3 Å². The summed E-state index contributed by atoms with van der Waals surface area (Å²) in [5.41, 5.74) is -0.295. The summed E-state index contributed by atoms with van der Waals surface area (Å²) >= 11 is 0. The smallest absolute Gasteiger partial charge is 0.337 e. The first-order valence-corrected chi connectivity index (χ1v) is 5.54. The van der Waals surface area contributed by atoms with Crippen molar-refractivity contribution in [2.24, 2.45) is 0 Å². The number of anilines is 1. The summed E-state index contributed by atoms with van der Waals surface area (Å²) in [5.74, 6) is -2.05. The van der Waals surface area contributed by atoms with Crippen molar-refractivity contribution in [1.29, 1.82) is 0 Å². The van der Waals surface area contributed by atoms with Crippen molar-refractivity contribution in [3.05, 3.63) is 29.6 Å². The lowest BCUT2D eigenvalue weighted by Crippen LogP contribution is -2.31. The van der Waals surface area contributed by atoms with E-state index in [1.807, 2.05) is 0 Å². The maximum Gasteiger partial charge on any atom is 0.337 e. The molecular weight excluding hydrogens is 239 g/mol. The molecule has 6 heteroatoms. The molecule has 1 aromatic carbocycles. The molecule has 5 nitrogen and oxygen atoms in total. The predicted molar refractivity (Wildman–Crippen MR) is 63.0 cm³/mol. The molecule has 1 unspecified atom stereocenters. The zero-order valence-electron chi connectivity index (χ0n) is 9.81. The molecule has 1 fully saturated rings. The van der Waals surface area contributed by atoms with Crippen LogP contribution in [0, 0.1) is 5.82 Å². The molecule has 0 bridgehead atoms. The minimum atomic E-state index is -1.23. The Hall–Kier alpha value is -2.11. The topological polar surface area (TPSA) is 69.6 Å². The number of carbonyl (C=O) groups excluding carboxylic acids is 1. The highest BCUT2D eigenvalue weighted by atomic mass is 19.1. The van der Waals surface area contributed by atoms with E-state index in [2.05, 4.69) is 5.32 Å². The van der Waals surface area contributed by atoms with Crippen LogP contribution in [0.5, 0.6) is 0 Å². The number of halogens is 1. The Bertz CT molecular complexity index is 504. The molecule has 1 aliphatic heterocycles. The molecule has 96 valence electrons. The number of rotatable bonds is 3. The molecule has 1 atom stereocenters. The van der Waals surface area contributed by atoms with Gasteiger partial charge >= 0.3 is 5.97 Å². The van der Waals surface area contributed by atoms with Gasteiger partial charge in [-0.25, -0.2) is 9.18 Å². The van der Waals surface area contributed by atoms with Crippen LogP contribution < -0.4 is 5.32 Å². The van der Waals surface area contributed by atoms with Gasteiger partial charge in [-0.3, -0.25) is 4.79 Å². The molecule has 18 heavy (non-hydrogen) atoms. The number of hydrogen-bond donors (Lipinski definition) is 2. The molecule has 0 spiro atoms. The van der Waals surface area contributed by atoms with Gasteiger partial charge in [0.25, 0.3) is 0 Å². The van der Waals surface area contributed by atoms with Crippen LogP contribution in [0.3, 0.4) is 0 Å². The molecule has 0 radical (unpaired) electrons. The number of nitrogens with zero attached hydrogens (tertiary/aromatic N) is 1. The summed E-state index contributed by atoms with van der Waals surface area (Å²) < 4.78 is 13.6. The van der Waals surface area contributed by atoms with Crippen LogP contribution >= 0.6 is 0 Å². The van der Waals surface area contributed by atoms with Gasteiger partial charge in [-0.2, -0.15) is 0 Å². The molecule has 2 N–H and O–H groups in total. The summed E-state index contributed by atoms with van der Waals surface area (Å²) in [6.45, 7) is 0.577. The summed E-state index contributed by atoms with van der Waals surface area (Å²) in [5, 5.41) is 11.7. The Morgan fingerprint density at radius 3 is 2.83 bits per heavy atom. The fraction of sp³-hybridized carbons (Fsp3) is 0.333. The maximum atomic E-state index is 13.6. The van der Waals surface area contributed by atoms with Gasteiger partial charge in [-0.15, -0.1) is 0 Å². The first kappa shape index (κ1) is 12.3. The molecular formula is C12H13FN2O3. The van der Waals surface area contributed by atoms with Gasteiger partial charge in [-0.1, -0.05) is 6.07 Å². The van der Waals surface area contributed by atoms with Crippen LogP contribution in [-0.4, -0.2) is 41.5 Å². The van der Waals surface area contributed by atoms with Gasteiger partial charge in [0.2, 0.25) is 5.91 Å². The molecule has 1 amide bonds. The van der Waals surface area contributed by atoms with E-state index in [9.17, 15) is 14.0 Å². The molecule has 1 heterocycles. The second kappa shape index (κ2) is 4.64. The quantitative estimate of drug-likeness (QED) is 0.847. The van der Waals surface area contributed by atoms with Crippen molar-refractivity contribution in [3.63, 3.8) is 0 Å². The second-order valence-corrected chi connectivity index (χ2v) is 4.21. The van der Waals surface area contributed by atoms with Gasteiger partial charge in [0.15, 0.2) is 0 Å². The SMILES string of the molecule is CN1CCC(Nc2c(F)cccc2C(=O)O)C1=O. The molecule has 1 aliphatic rings. The number of aromatic carboxylic acids is 1. The van der Waals surface area contributed by atoms with E-state index >= 15 is 0 Å². The standard InChI is InChI=1S/C12H13FN2O3/c1-15-6-5-9(11(15)16)14-10-7(12(17)18)3-2-4-8(10)13/h2-4,9,14H,5-6H2,1H3,(H,17,18). The van der Waals surface area contributed by atoms with E-state index in [0.29, 0.717) is 13.0 Å². The van der Waals surface area contributed by atoms with Gasteiger partial charge in [0, 0.05) is 13.6 Å². The van der Waals surface area contributed by atoms with E-state index in [1.165, 1.54) is 17.0 Å². The van der Waals surface area contributed by atoms with Crippen molar-refractivity contribution in [3.8, 4) is 0 Å². The van der Waals surface area contributed by atoms with Crippen LogP contribution in [0.15, 0.2) is 18.2 Å². The summed E-state index contributed by atoms with van der Waals surface area (Å²) in [6.07, 6.45) is 0.530. The van der Waals surface area contributed by atoms with E-state index in [0.717, 1.165) is 6.07 Å². The van der Waals surface area contributed by atoms with Crippen LogP contribution in [0.2, 0.25) is 0 Å². The third-order valence-electron chi connectivity index (χ3n) is 2.99. The molecule has 1 aromatic rings. The fourth-order valence-electron chi connectivity index (χ4n) is 1.98. The van der Waals surface area contributed by atoms with Crippen molar-refractivity contribution < 1.29 is 19.1 Å². The fourth-order valence-corrected chi connectivity index (χ4v) is 1.98. The van der Waals surface area contributed by atoms with E-state index in [4.69, 9.17) is 5.11 Å². The highest BCUT2D eigenvalue weighted by Crippen LogP contribution is 2.23. The number of carboxylic acid groups (broad SMARTS) is 1. The lowest BCUT2D eigenvalue weighted by atomic mass is 10.1. The molecule has 1 saturated heterocycles. The summed E-state index contributed by atoms with van der Waals surface area (Å²) in [7, 11) is 1.66. The number of hydrogen-bond acceptors (Lipinski definition) is 3. The monoisotopic (exact) mass is 252 g/mol. The first-order valence-electron chi connectivity index (χ1n) is 5.54. The van der Waals surface area contributed by atoms with Gasteiger partial charge in [0.1, 0.15) is 11.9 Å². The number of carboxylic acids is 1. The maximum absolute atomic E-state index is 13.6. The van der Waals surface area contributed by atoms with Crippen molar-refractivity contribution in [2.45, 2.75) is 12.5 Å². The zero-order chi connectivity index (χ0) is 13.3. The Kier molecular flexibility index (Phi) is 3.18. The Morgan fingerprint density at radius 1 is 1.56 bits per heavy atom. The molecule has 2 rings (SSSR count). The largest absolute Gasteiger partial charge is 0.478 e. The third-order valence-corrected chi connectivity index (χ3v) is 2.99. The van der Waals surface area contributed by atoms with Gasteiger partial charge in [-0.05, 0) is 18.6 Å². The van der Waals surface area contributed by atoms with Gasteiger partial charge in [0.05, 0.1) is 11.3 Å². The summed E-state index contributed by atoms with van der Waals surface area (Å²) in [6, 6.07) is 3.23. The number of para-hydroxylation sites is 1. The number of benzene rings is 1. The van der Waals surface area contributed by atoms with Crippen molar-refractivity contribution >= 4 is 17.6 Å². The van der Waals surface area contributed by atoms with Crippen LogP contribution in [-0.2, 0) is 4.79 Å². The Balaban J connectivity index is 2.29. The molecule has 0 saturated carbocycles. The number of nitrogens with one attached hydrogen (secondary N) is 1. The highest BCUT2D eigenvalue weighted by Gasteiger charge is 2.30. The van der Waals surface area contributed by atoms with Crippen LogP contribution in [0.25, 0.3) is 0 Å². The Morgan fingerprint density at radius 2 is 2.28 bits per heavy atom. The lowest BCUT2D eigenvalue weighted by Gasteiger charge is -2.15. The van der Waals surface area contributed by atoms with E-state index in [-0.39, 0.29) is 17.2 Å².